The lowest BCUT2D eigenvalue weighted by Gasteiger charge is -2.17. The molecule has 0 aliphatic heterocycles. The van der Waals surface area contributed by atoms with Gasteiger partial charge in [-0.15, -0.1) is 0 Å². The topological polar surface area (TPSA) is 62.2 Å². The number of hydrogen-bond donors (Lipinski definition) is 2. The second kappa shape index (κ2) is 6.89. The first kappa shape index (κ1) is 15.8. The van der Waals surface area contributed by atoms with E-state index < -0.39 is 11.9 Å². The molecule has 110 valence electrons. The lowest BCUT2D eigenvalue weighted by atomic mass is 10.1. The van der Waals surface area contributed by atoms with Crippen LogP contribution in [0.4, 0.5) is 0 Å². The molecule has 1 heterocycles. The molecule has 1 amide bonds. The summed E-state index contributed by atoms with van der Waals surface area (Å²) >= 11 is 12.1. The van der Waals surface area contributed by atoms with Gasteiger partial charge in [-0.25, -0.2) is 0 Å². The van der Waals surface area contributed by atoms with E-state index in [1.54, 1.807) is 6.92 Å². The molecule has 0 unspecified atom stereocenters. The van der Waals surface area contributed by atoms with E-state index in [2.05, 4.69) is 10.3 Å². The predicted molar refractivity (Wildman–Crippen MR) is 82.7 cm³/mol. The third kappa shape index (κ3) is 3.53. The Kier molecular flexibility index (Phi) is 5.17. The third-order valence-corrected chi connectivity index (χ3v) is 4.02. The van der Waals surface area contributed by atoms with Crippen LogP contribution in [-0.2, 0) is 0 Å². The first-order valence-corrected chi connectivity index (χ1v) is 7.07. The number of rotatable bonds is 4. The maximum atomic E-state index is 12.3. The molecule has 0 aliphatic carbocycles. The number of nitrogens with one attached hydrogen (secondary N) is 1. The van der Waals surface area contributed by atoms with Crippen molar-refractivity contribution in [3.63, 3.8) is 0 Å². The average Bonchev–Trinajstić information content (AvgIpc) is 2.51. The van der Waals surface area contributed by atoms with Crippen LogP contribution in [0.15, 0.2) is 36.5 Å². The van der Waals surface area contributed by atoms with Crippen LogP contribution in [0.5, 0.6) is 0 Å². The summed E-state index contributed by atoms with van der Waals surface area (Å²) in [4.78, 5) is 16.3. The number of carbonyl (C=O) groups excluding carboxylic acids is 1. The van der Waals surface area contributed by atoms with Gasteiger partial charge in [0.05, 0.1) is 34.0 Å². The first-order chi connectivity index (χ1) is 10.0. The number of benzene rings is 1. The number of halogens is 2. The van der Waals surface area contributed by atoms with Gasteiger partial charge >= 0.3 is 0 Å². The van der Waals surface area contributed by atoms with Crippen molar-refractivity contribution in [3.8, 4) is 0 Å². The number of hydrogen-bond acceptors (Lipinski definition) is 3. The summed E-state index contributed by atoms with van der Waals surface area (Å²) in [7, 11) is 0. The number of aromatic nitrogens is 1. The maximum absolute atomic E-state index is 12.3. The smallest absolute Gasteiger partial charge is 0.254 e. The average molecular weight is 325 g/mol. The van der Waals surface area contributed by atoms with Crippen LogP contribution < -0.4 is 5.32 Å². The lowest BCUT2D eigenvalue weighted by molar-refractivity contribution is 0.0916. The molecule has 0 saturated carbocycles. The lowest BCUT2D eigenvalue weighted by Crippen LogP contribution is -2.31. The van der Waals surface area contributed by atoms with Crippen molar-refractivity contribution in [2.45, 2.75) is 13.0 Å². The maximum Gasteiger partial charge on any atom is 0.254 e. The molecule has 1 aromatic heterocycles. The van der Waals surface area contributed by atoms with Crippen LogP contribution >= 0.6 is 23.2 Å². The van der Waals surface area contributed by atoms with E-state index in [0.29, 0.717) is 5.69 Å². The molecule has 0 fully saturated rings. The number of carbonyl (C=O) groups is 1. The molecular weight excluding hydrogens is 311 g/mol. The van der Waals surface area contributed by atoms with Crippen LogP contribution in [0.25, 0.3) is 0 Å². The molecule has 2 aromatic rings. The van der Waals surface area contributed by atoms with Crippen molar-refractivity contribution in [1.29, 1.82) is 0 Å². The van der Waals surface area contributed by atoms with Crippen LogP contribution in [0.3, 0.4) is 0 Å². The zero-order chi connectivity index (χ0) is 15.4. The second-order valence-corrected chi connectivity index (χ2v) is 5.26. The highest BCUT2D eigenvalue weighted by Gasteiger charge is 2.19. The summed E-state index contributed by atoms with van der Waals surface area (Å²) < 4.78 is 0. The van der Waals surface area contributed by atoms with Crippen molar-refractivity contribution >= 4 is 29.1 Å². The monoisotopic (exact) mass is 324 g/mol. The highest BCUT2D eigenvalue weighted by atomic mass is 35.5. The van der Waals surface area contributed by atoms with E-state index in [1.807, 2.05) is 30.3 Å². The summed E-state index contributed by atoms with van der Waals surface area (Å²) in [5.41, 5.74) is 1.54. The number of amides is 1. The van der Waals surface area contributed by atoms with Crippen LogP contribution in [0.2, 0.25) is 10.0 Å². The van der Waals surface area contributed by atoms with Gasteiger partial charge in [0.15, 0.2) is 0 Å². The highest BCUT2D eigenvalue weighted by molar-refractivity contribution is 6.44. The largest absolute Gasteiger partial charge is 0.394 e. The molecule has 2 N–H and O–H groups in total. The number of aliphatic hydroxyl groups is 1. The van der Waals surface area contributed by atoms with Gasteiger partial charge < -0.3 is 10.4 Å². The van der Waals surface area contributed by atoms with Gasteiger partial charge in [-0.1, -0.05) is 53.5 Å². The van der Waals surface area contributed by atoms with Gasteiger partial charge in [0.1, 0.15) is 0 Å². The van der Waals surface area contributed by atoms with Gasteiger partial charge in [0.25, 0.3) is 5.91 Å². The van der Waals surface area contributed by atoms with Crippen LogP contribution in [0, 0.1) is 6.92 Å². The Morgan fingerprint density at radius 2 is 1.95 bits per heavy atom. The Balaban J connectivity index is 2.23. The van der Waals surface area contributed by atoms with Gasteiger partial charge in [-0.05, 0) is 12.5 Å². The van der Waals surface area contributed by atoms with Gasteiger partial charge in [-0.2, -0.15) is 0 Å². The van der Waals surface area contributed by atoms with Crippen molar-refractivity contribution < 1.29 is 9.90 Å². The number of pyridine rings is 1. The summed E-state index contributed by atoms with van der Waals surface area (Å²) in [5.74, 6) is -0.433. The molecular formula is C15H14Cl2N2O2. The Labute approximate surface area is 132 Å². The minimum atomic E-state index is -0.519. The van der Waals surface area contributed by atoms with Crippen LogP contribution in [-0.4, -0.2) is 22.6 Å². The first-order valence-electron chi connectivity index (χ1n) is 6.32. The van der Waals surface area contributed by atoms with Gasteiger partial charge in [-0.3, -0.25) is 9.78 Å². The zero-order valence-electron chi connectivity index (χ0n) is 11.3. The summed E-state index contributed by atoms with van der Waals surface area (Å²) in [6.07, 6.45) is 1.37. The van der Waals surface area contributed by atoms with E-state index in [-0.39, 0.29) is 22.2 Å². The molecule has 2 rings (SSSR count). The second-order valence-electron chi connectivity index (χ2n) is 4.50. The standard InChI is InChI=1S/C15H14Cl2N2O2/c1-9-13(16)14(17)11(7-18-9)15(21)19-12(8-20)10-5-3-2-4-6-10/h2-7,12,20H,8H2,1H3,(H,19,21)/t12-/m1/s1. The Morgan fingerprint density at radius 3 is 2.57 bits per heavy atom. The van der Waals surface area contributed by atoms with E-state index in [9.17, 15) is 9.90 Å². The molecule has 0 radical (unpaired) electrons. The highest BCUT2D eigenvalue weighted by Crippen LogP contribution is 2.27. The molecule has 21 heavy (non-hydrogen) atoms. The number of aryl methyl sites for hydroxylation is 1. The fourth-order valence-electron chi connectivity index (χ4n) is 1.87. The van der Waals surface area contributed by atoms with Crippen LogP contribution in [0.1, 0.15) is 27.7 Å². The summed E-state index contributed by atoms with van der Waals surface area (Å²) in [6.45, 7) is 1.48. The predicted octanol–water partition coefficient (Wildman–Crippen LogP) is 3.16. The van der Waals surface area contributed by atoms with Gasteiger partial charge in [0.2, 0.25) is 0 Å². The van der Waals surface area contributed by atoms with Gasteiger partial charge in [0, 0.05) is 6.20 Å². The van der Waals surface area contributed by atoms with Crippen molar-refractivity contribution in [3.05, 3.63) is 63.4 Å². The van der Waals surface area contributed by atoms with Crippen molar-refractivity contribution in [2.75, 3.05) is 6.61 Å². The Morgan fingerprint density at radius 1 is 1.29 bits per heavy atom. The normalized spacial score (nSPS) is 12.0. The molecule has 1 atom stereocenters. The molecule has 6 heteroatoms. The summed E-state index contributed by atoms with van der Waals surface area (Å²) in [6, 6.07) is 8.66. The molecule has 0 aliphatic rings. The van der Waals surface area contributed by atoms with E-state index in [4.69, 9.17) is 23.2 Å². The Hall–Kier alpha value is -1.62. The van der Waals surface area contributed by atoms with E-state index in [1.165, 1.54) is 6.20 Å². The molecule has 0 bridgehead atoms. The number of nitrogens with zero attached hydrogens (tertiary/aromatic N) is 1. The molecule has 0 spiro atoms. The minimum Gasteiger partial charge on any atom is -0.394 e. The minimum absolute atomic E-state index is 0.159. The zero-order valence-corrected chi connectivity index (χ0v) is 12.8. The fraction of sp³-hybridized carbons (Fsp3) is 0.200. The fourth-order valence-corrected chi connectivity index (χ4v) is 2.29. The molecule has 1 aromatic carbocycles. The van der Waals surface area contributed by atoms with Crippen molar-refractivity contribution in [2.24, 2.45) is 0 Å². The third-order valence-electron chi connectivity index (χ3n) is 3.07. The summed E-state index contributed by atoms with van der Waals surface area (Å²) in [5, 5.41) is 12.6. The Bertz CT molecular complexity index is 648. The van der Waals surface area contributed by atoms with Crippen molar-refractivity contribution in [1.82, 2.24) is 10.3 Å². The quantitative estimate of drug-likeness (QED) is 0.908. The molecule has 0 saturated heterocycles. The molecule has 4 nitrogen and oxygen atoms in total. The van der Waals surface area contributed by atoms with E-state index in [0.717, 1.165) is 5.56 Å². The van der Waals surface area contributed by atoms with E-state index >= 15 is 0 Å². The number of aliphatic hydroxyl groups excluding tert-OH is 1. The SMILES string of the molecule is Cc1ncc(C(=O)N[C@H](CO)c2ccccc2)c(Cl)c1Cl.